The van der Waals surface area contributed by atoms with Crippen LogP contribution in [0.1, 0.15) is 41.0 Å². The van der Waals surface area contributed by atoms with Crippen LogP contribution in [0.2, 0.25) is 5.02 Å². The fraction of sp³-hybridized carbons (Fsp3) is 0.161. The van der Waals surface area contributed by atoms with Crippen molar-refractivity contribution in [1.82, 2.24) is 19.2 Å². The third-order valence-electron chi connectivity index (χ3n) is 7.17. The normalized spacial score (nSPS) is 14.5. The molecule has 2 amide bonds. The summed E-state index contributed by atoms with van der Waals surface area (Å²) in [5.41, 5.74) is 6.00. The van der Waals surface area contributed by atoms with Gasteiger partial charge in [-0.25, -0.2) is 13.9 Å². The first-order chi connectivity index (χ1) is 18.9. The van der Waals surface area contributed by atoms with Crippen LogP contribution in [-0.4, -0.2) is 25.3 Å². The standard InChI is InChI=1S/C31H27ClFN5O/c1-3-27-25-19-37(31(39)34-23-16-11-20(2)26(32)18-23)29(21-12-14-22(33)15-13-21)28-10-7-17-36(28)30(25)38(35-27)24-8-5-4-6-9-24/h4-18,29H,3,19H2,1-2H3,(H,34,39)/t29-/m1/s1. The largest absolute Gasteiger partial charge is 0.322 e. The van der Waals surface area contributed by atoms with Gasteiger partial charge in [-0.1, -0.05) is 54.9 Å². The molecule has 196 valence electrons. The Balaban J connectivity index is 1.54. The maximum absolute atomic E-state index is 14.0. The summed E-state index contributed by atoms with van der Waals surface area (Å²) in [6, 6.07) is 25.0. The molecule has 8 heteroatoms. The zero-order valence-corrected chi connectivity index (χ0v) is 22.4. The molecule has 3 heterocycles. The quantitative estimate of drug-likeness (QED) is 0.258. The van der Waals surface area contributed by atoms with Gasteiger partial charge >= 0.3 is 6.03 Å². The minimum absolute atomic E-state index is 0.292. The van der Waals surface area contributed by atoms with Gasteiger partial charge in [-0.15, -0.1) is 0 Å². The van der Waals surface area contributed by atoms with Crippen LogP contribution < -0.4 is 5.32 Å². The molecule has 6 rings (SSSR count). The van der Waals surface area contributed by atoms with Gasteiger partial charge in [0.05, 0.1) is 29.7 Å². The van der Waals surface area contributed by atoms with Crippen molar-refractivity contribution in [2.24, 2.45) is 0 Å². The van der Waals surface area contributed by atoms with Crippen molar-refractivity contribution < 1.29 is 9.18 Å². The van der Waals surface area contributed by atoms with E-state index >= 15 is 0 Å². The molecular weight excluding hydrogens is 513 g/mol. The molecule has 2 aromatic heterocycles. The Morgan fingerprint density at radius 1 is 1.05 bits per heavy atom. The number of hydrogen-bond acceptors (Lipinski definition) is 2. The van der Waals surface area contributed by atoms with E-state index in [-0.39, 0.29) is 11.8 Å². The molecule has 0 bridgehead atoms. The van der Waals surface area contributed by atoms with Gasteiger partial charge in [0.15, 0.2) is 0 Å². The number of aryl methyl sites for hydroxylation is 2. The number of rotatable bonds is 4. The molecule has 0 unspecified atom stereocenters. The van der Waals surface area contributed by atoms with Crippen LogP contribution in [0, 0.1) is 12.7 Å². The first kappa shape index (κ1) is 24.9. The molecule has 6 nitrogen and oxygen atoms in total. The Morgan fingerprint density at radius 2 is 1.82 bits per heavy atom. The van der Waals surface area contributed by atoms with Crippen molar-refractivity contribution in [3.05, 3.63) is 130 Å². The van der Waals surface area contributed by atoms with E-state index in [1.165, 1.54) is 12.1 Å². The molecule has 1 atom stereocenters. The number of para-hydroxylation sites is 1. The highest BCUT2D eigenvalue weighted by atomic mass is 35.5. The minimum Gasteiger partial charge on any atom is -0.308 e. The molecule has 39 heavy (non-hydrogen) atoms. The summed E-state index contributed by atoms with van der Waals surface area (Å²) >= 11 is 6.35. The van der Waals surface area contributed by atoms with Gasteiger partial charge in [0.1, 0.15) is 11.6 Å². The molecule has 1 N–H and O–H groups in total. The third kappa shape index (κ3) is 4.49. The van der Waals surface area contributed by atoms with E-state index in [9.17, 15) is 9.18 Å². The number of hydrogen-bond donors (Lipinski definition) is 1. The van der Waals surface area contributed by atoms with Gasteiger partial charge in [-0.05, 0) is 73.0 Å². The lowest BCUT2D eigenvalue weighted by Crippen LogP contribution is -2.38. The van der Waals surface area contributed by atoms with E-state index in [0.29, 0.717) is 23.7 Å². The fourth-order valence-corrected chi connectivity index (χ4v) is 5.39. The van der Waals surface area contributed by atoms with E-state index in [1.54, 1.807) is 23.1 Å². The van der Waals surface area contributed by atoms with Crippen LogP contribution in [0.4, 0.5) is 14.9 Å². The molecule has 1 aliphatic heterocycles. The first-order valence-corrected chi connectivity index (χ1v) is 13.3. The molecule has 5 aromatic rings. The number of fused-ring (bicyclic) bond motifs is 3. The van der Waals surface area contributed by atoms with E-state index < -0.39 is 6.04 Å². The number of amides is 2. The minimum atomic E-state index is -0.483. The molecule has 0 spiro atoms. The summed E-state index contributed by atoms with van der Waals surface area (Å²) in [5, 5.41) is 8.60. The Morgan fingerprint density at radius 3 is 2.54 bits per heavy atom. The third-order valence-corrected chi connectivity index (χ3v) is 7.58. The summed E-state index contributed by atoms with van der Waals surface area (Å²) in [5.74, 6) is 0.558. The maximum atomic E-state index is 14.0. The number of nitrogens with zero attached hydrogens (tertiary/aromatic N) is 4. The number of aromatic nitrogens is 3. The Labute approximate surface area is 231 Å². The molecule has 0 fully saturated rings. The van der Waals surface area contributed by atoms with Crippen molar-refractivity contribution in [3.63, 3.8) is 0 Å². The molecule has 0 aliphatic carbocycles. The molecular formula is C31H27ClFN5O. The maximum Gasteiger partial charge on any atom is 0.322 e. The van der Waals surface area contributed by atoms with Crippen molar-refractivity contribution in [1.29, 1.82) is 0 Å². The Bertz CT molecular complexity index is 1660. The van der Waals surface area contributed by atoms with Crippen molar-refractivity contribution in [2.75, 3.05) is 5.32 Å². The highest BCUT2D eigenvalue weighted by molar-refractivity contribution is 6.31. The van der Waals surface area contributed by atoms with E-state index in [1.807, 2.05) is 72.4 Å². The Hall–Kier alpha value is -4.36. The smallest absolute Gasteiger partial charge is 0.308 e. The summed E-state index contributed by atoms with van der Waals surface area (Å²) in [7, 11) is 0. The van der Waals surface area contributed by atoms with Gasteiger partial charge in [0.2, 0.25) is 0 Å². The van der Waals surface area contributed by atoms with Gasteiger partial charge < -0.3 is 14.8 Å². The summed E-state index contributed by atoms with van der Waals surface area (Å²) in [6.45, 7) is 4.29. The predicted octanol–water partition coefficient (Wildman–Crippen LogP) is 7.46. The van der Waals surface area contributed by atoms with E-state index in [0.717, 1.165) is 39.6 Å². The van der Waals surface area contributed by atoms with Crippen LogP contribution >= 0.6 is 11.6 Å². The predicted molar refractivity (Wildman–Crippen MR) is 151 cm³/mol. The van der Waals surface area contributed by atoms with Crippen LogP contribution in [0.15, 0.2) is 91.1 Å². The summed E-state index contributed by atoms with van der Waals surface area (Å²) < 4.78 is 18.0. The number of halogens is 2. The van der Waals surface area contributed by atoms with Crippen molar-refractivity contribution >= 4 is 23.3 Å². The number of anilines is 1. The monoisotopic (exact) mass is 539 g/mol. The second-order valence-electron chi connectivity index (χ2n) is 9.63. The van der Waals surface area contributed by atoms with Gasteiger partial charge in [-0.3, -0.25) is 0 Å². The lowest BCUT2D eigenvalue weighted by atomic mass is 10.0. The van der Waals surface area contributed by atoms with Gasteiger partial charge in [-0.2, -0.15) is 5.10 Å². The molecule has 0 saturated heterocycles. The number of carbonyl (C=O) groups excluding carboxylic acids is 1. The zero-order chi connectivity index (χ0) is 27.1. The second kappa shape index (κ2) is 10.1. The average molecular weight is 540 g/mol. The topological polar surface area (TPSA) is 55.1 Å². The lowest BCUT2D eigenvalue weighted by molar-refractivity contribution is 0.194. The number of benzene rings is 3. The lowest BCUT2D eigenvalue weighted by Gasteiger charge is -2.31. The first-order valence-electron chi connectivity index (χ1n) is 12.9. The van der Waals surface area contributed by atoms with E-state index in [2.05, 4.69) is 16.8 Å². The number of urea groups is 1. The molecule has 0 radical (unpaired) electrons. The number of carbonyl (C=O) groups is 1. The number of nitrogens with one attached hydrogen (secondary N) is 1. The van der Waals surface area contributed by atoms with Crippen molar-refractivity contribution in [2.45, 2.75) is 32.9 Å². The van der Waals surface area contributed by atoms with E-state index in [4.69, 9.17) is 16.7 Å². The second-order valence-corrected chi connectivity index (χ2v) is 10.0. The molecule has 1 aliphatic rings. The summed E-state index contributed by atoms with van der Waals surface area (Å²) in [6.07, 6.45) is 2.69. The van der Waals surface area contributed by atoms with Crippen LogP contribution in [0.3, 0.4) is 0 Å². The van der Waals surface area contributed by atoms with Crippen LogP contribution in [0.5, 0.6) is 0 Å². The van der Waals surface area contributed by atoms with Gasteiger partial charge in [0.25, 0.3) is 0 Å². The zero-order valence-electron chi connectivity index (χ0n) is 21.6. The highest BCUT2D eigenvalue weighted by Crippen LogP contribution is 2.39. The highest BCUT2D eigenvalue weighted by Gasteiger charge is 2.36. The van der Waals surface area contributed by atoms with Crippen molar-refractivity contribution in [3.8, 4) is 11.5 Å². The van der Waals surface area contributed by atoms with Crippen LogP contribution in [0.25, 0.3) is 11.5 Å². The fourth-order valence-electron chi connectivity index (χ4n) is 5.21. The summed E-state index contributed by atoms with van der Waals surface area (Å²) in [4.78, 5) is 15.8. The SMILES string of the molecule is CCc1nn(-c2ccccc2)c2c1CN(C(=O)Nc1ccc(C)c(Cl)c1)[C@H](c1ccc(F)cc1)c1cccn1-2. The Kier molecular flexibility index (Phi) is 6.45. The molecule has 3 aromatic carbocycles. The van der Waals surface area contributed by atoms with Crippen LogP contribution in [-0.2, 0) is 13.0 Å². The van der Waals surface area contributed by atoms with Gasteiger partial charge in [0, 0.05) is 22.5 Å². The average Bonchev–Trinajstić information content (AvgIpc) is 3.53. The molecule has 0 saturated carbocycles.